The Balaban J connectivity index is 0.00000338. The van der Waals surface area contributed by atoms with Crippen molar-refractivity contribution < 1.29 is 47.1 Å². The van der Waals surface area contributed by atoms with E-state index in [4.69, 9.17) is 32.7 Å². The van der Waals surface area contributed by atoms with Crippen LogP contribution in [0.25, 0.3) is 0 Å². The van der Waals surface area contributed by atoms with Gasteiger partial charge in [-0.3, -0.25) is 4.98 Å². The van der Waals surface area contributed by atoms with E-state index in [1.54, 1.807) is 12.1 Å². The zero-order valence-electron chi connectivity index (χ0n) is 13.9. The number of hydrogen-bond donors (Lipinski definition) is 0. The number of halogens is 2. The molecule has 0 saturated carbocycles. The van der Waals surface area contributed by atoms with Crippen molar-refractivity contribution >= 4 is 36.8 Å². The molecular weight excluding hydrogens is 399 g/mol. The molecule has 0 radical (unpaired) electrons. The molecule has 0 bridgehead atoms. The van der Waals surface area contributed by atoms with Gasteiger partial charge in [0.15, 0.2) is 14.2 Å². The summed E-state index contributed by atoms with van der Waals surface area (Å²) in [5.74, 6) is -2.42. The number of aromatic nitrogens is 1. The number of rotatable bonds is 7. The Morgan fingerprint density at radius 1 is 1.31 bits per heavy atom. The predicted octanol–water partition coefficient (Wildman–Crippen LogP) is 0.213. The van der Waals surface area contributed by atoms with Gasteiger partial charge in [-0.1, -0.05) is 29.3 Å². The molecule has 0 fully saturated rings. The fraction of sp³-hybridized carbons (Fsp3) is 0.200. The first-order chi connectivity index (χ1) is 11.8. The molecule has 0 N–H and O–H groups in total. The van der Waals surface area contributed by atoms with Crippen LogP contribution in [0.5, 0.6) is 5.75 Å². The van der Waals surface area contributed by atoms with Gasteiger partial charge in [-0.05, 0) is 30.3 Å². The number of carbonyl (C=O) groups is 1. The molecule has 0 amide bonds. The normalized spacial score (nSPS) is 13.8. The first-order valence-electron chi connectivity index (χ1n) is 6.88. The monoisotopic (exact) mass is 411 g/mol. The second-order valence-corrected chi connectivity index (χ2v) is 7.44. The third kappa shape index (κ3) is 6.29. The molecule has 2 aromatic rings. The first-order valence-corrected chi connectivity index (χ1v) is 9.25. The average molecular weight is 412 g/mol. The number of ether oxygens (including phenoxy) is 2. The molecular formula is C15H13Cl2LiNO6P. The third-order valence-electron chi connectivity index (χ3n) is 2.97. The summed E-state index contributed by atoms with van der Waals surface area (Å²) in [6, 6.07) is 9.00. The van der Waals surface area contributed by atoms with Gasteiger partial charge < -0.3 is 23.5 Å². The summed E-state index contributed by atoms with van der Waals surface area (Å²) in [6.45, 7) is -0.561. The smallest absolute Gasteiger partial charge is 0.776 e. The van der Waals surface area contributed by atoms with E-state index in [1.807, 2.05) is 0 Å². The Bertz CT molecular complexity index is 795. The van der Waals surface area contributed by atoms with Crippen molar-refractivity contribution in [2.24, 2.45) is 0 Å². The van der Waals surface area contributed by atoms with Crippen LogP contribution in [-0.4, -0.2) is 24.7 Å². The van der Waals surface area contributed by atoms with E-state index in [1.165, 1.54) is 30.5 Å². The first kappa shape index (κ1) is 23.0. The zero-order valence-corrected chi connectivity index (χ0v) is 16.3. The Labute approximate surface area is 172 Å². The molecule has 1 aromatic heterocycles. The fourth-order valence-corrected chi connectivity index (χ4v) is 3.17. The van der Waals surface area contributed by atoms with E-state index >= 15 is 0 Å². The van der Waals surface area contributed by atoms with E-state index in [0.717, 1.165) is 7.11 Å². The molecule has 1 heterocycles. The van der Waals surface area contributed by atoms with Crippen LogP contribution in [-0.2, 0) is 18.6 Å². The van der Waals surface area contributed by atoms with Crippen molar-refractivity contribution in [3.63, 3.8) is 0 Å². The topological polar surface area (TPSA) is 97.8 Å². The summed E-state index contributed by atoms with van der Waals surface area (Å²) in [4.78, 5) is 27.9. The van der Waals surface area contributed by atoms with Gasteiger partial charge in [0.2, 0.25) is 5.85 Å². The number of pyridine rings is 1. The van der Waals surface area contributed by atoms with Gasteiger partial charge in [0.05, 0.1) is 10.7 Å². The van der Waals surface area contributed by atoms with Crippen LogP contribution in [0.4, 0.5) is 0 Å². The van der Waals surface area contributed by atoms with Crippen LogP contribution < -0.4 is 28.5 Å². The second-order valence-electron chi connectivity index (χ2n) is 4.68. The van der Waals surface area contributed by atoms with Crippen LogP contribution in [0.15, 0.2) is 42.6 Å². The van der Waals surface area contributed by atoms with Gasteiger partial charge in [-0.15, -0.1) is 0 Å². The van der Waals surface area contributed by atoms with Crippen molar-refractivity contribution in [1.29, 1.82) is 0 Å². The van der Waals surface area contributed by atoms with E-state index in [2.05, 4.69) is 9.51 Å². The van der Waals surface area contributed by atoms with Gasteiger partial charge in [-0.25, -0.2) is 4.79 Å². The Kier molecular flexibility index (Phi) is 9.15. The van der Waals surface area contributed by atoms with Crippen molar-refractivity contribution in [1.82, 2.24) is 4.98 Å². The fourth-order valence-electron chi connectivity index (χ4n) is 1.79. The van der Waals surface area contributed by atoms with Crippen LogP contribution in [0.3, 0.4) is 0 Å². The largest absolute Gasteiger partial charge is 1.00 e. The van der Waals surface area contributed by atoms with Crippen LogP contribution >= 0.6 is 30.8 Å². The number of carbonyl (C=O) groups excluding carboxylic acids is 1. The number of benzene rings is 1. The number of esters is 1. The van der Waals surface area contributed by atoms with Crippen LogP contribution in [0.1, 0.15) is 11.5 Å². The van der Waals surface area contributed by atoms with Crippen molar-refractivity contribution in [3.8, 4) is 5.75 Å². The van der Waals surface area contributed by atoms with Gasteiger partial charge in [0.1, 0.15) is 5.75 Å². The minimum atomic E-state index is -4.53. The Morgan fingerprint density at radius 2 is 2.04 bits per heavy atom. The van der Waals surface area contributed by atoms with E-state index < -0.39 is 26.0 Å². The van der Waals surface area contributed by atoms with Crippen LogP contribution in [0, 0.1) is 0 Å². The molecule has 2 rings (SSSR count). The summed E-state index contributed by atoms with van der Waals surface area (Å²) in [5, 5.41) is 0.607. The average Bonchev–Trinajstić information content (AvgIpc) is 2.59. The molecule has 2 unspecified atom stereocenters. The molecule has 2 atom stereocenters. The molecule has 134 valence electrons. The number of hydrogen-bond acceptors (Lipinski definition) is 7. The van der Waals surface area contributed by atoms with Gasteiger partial charge in [0.25, 0.3) is 0 Å². The quantitative estimate of drug-likeness (QED) is 0.365. The molecule has 26 heavy (non-hydrogen) atoms. The van der Waals surface area contributed by atoms with Crippen molar-refractivity contribution in [2.45, 2.75) is 5.85 Å². The molecule has 11 heteroatoms. The minimum absolute atomic E-state index is 0. The van der Waals surface area contributed by atoms with Gasteiger partial charge >= 0.3 is 24.8 Å². The summed E-state index contributed by atoms with van der Waals surface area (Å²) in [7, 11) is -3.55. The van der Waals surface area contributed by atoms with Gasteiger partial charge in [0, 0.05) is 18.3 Å². The van der Waals surface area contributed by atoms with Crippen LogP contribution in [0.2, 0.25) is 10.0 Å². The molecule has 0 saturated heterocycles. The number of nitrogens with zero attached hydrogens (tertiary/aromatic N) is 1. The van der Waals surface area contributed by atoms with Crippen molar-refractivity contribution in [2.75, 3.05) is 13.7 Å². The molecule has 0 spiro atoms. The second kappa shape index (κ2) is 10.3. The Morgan fingerprint density at radius 3 is 2.62 bits per heavy atom. The maximum atomic E-state index is 12.0. The molecule has 7 nitrogen and oxygen atoms in total. The molecule has 0 aliphatic heterocycles. The summed E-state index contributed by atoms with van der Waals surface area (Å²) in [6.07, 6.45) is 1.37. The summed E-state index contributed by atoms with van der Waals surface area (Å²) >= 11 is 11.7. The molecule has 1 aromatic carbocycles. The van der Waals surface area contributed by atoms with E-state index in [9.17, 15) is 14.3 Å². The zero-order chi connectivity index (χ0) is 18.4. The third-order valence-corrected chi connectivity index (χ3v) is 4.95. The molecule has 0 aliphatic carbocycles. The van der Waals surface area contributed by atoms with Crippen molar-refractivity contribution in [3.05, 3.63) is 58.3 Å². The SMILES string of the molecule is COP(=O)([O-])C(OC(=O)COc1ccc(Cl)cc1Cl)c1ccccn1.[Li+]. The standard InChI is InChI=1S/C15H14Cl2NO6P.Li/c1-22-25(20,21)15(12-4-2-3-7-18-12)24-14(19)9-23-13-6-5-10(16)8-11(13)17;/h2-8,15H,9H2,1H3,(H,20,21);/q;+1/p-1. The van der Waals surface area contributed by atoms with E-state index in [0.29, 0.717) is 5.02 Å². The summed E-state index contributed by atoms with van der Waals surface area (Å²) in [5.41, 5.74) is 0.0144. The summed E-state index contributed by atoms with van der Waals surface area (Å²) < 4.78 is 26.7. The Hall–Kier alpha value is -1.03. The molecule has 0 aliphatic rings. The minimum Gasteiger partial charge on any atom is -0.776 e. The maximum Gasteiger partial charge on any atom is 1.00 e. The van der Waals surface area contributed by atoms with E-state index in [-0.39, 0.29) is 35.3 Å². The predicted molar refractivity (Wildman–Crippen MR) is 89.6 cm³/mol. The van der Waals surface area contributed by atoms with Gasteiger partial charge in [-0.2, -0.15) is 0 Å². The maximum absolute atomic E-state index is 12.0.